The fourth-order valence-electron chi connectivity index (χ4n) is 2.67. The first-order valence-corrected chi connectivity index (χ1v) is 8.93. The molecule has 1 unspecified atom stereocenters. The van der Waals surface area contributed by atoms with E-state index >= 15 is 0 Å². The fourth-order valence-corrected chi connectivity index (χ4v) is 2.67. The van der Waals surface area contributed by atoms with E-state index in [0.717, 1.165) is 31.8 Å². The minimum Gasteiger partial charge on any atom is -0.497 e. The highest BCUT2D eigenvalue weighted by atomic mass is 16.5. The summed E-state index contributed by atoms with van der Waals surface area (Å²) < 4.78 is 5.36. The Morgan fingerprint density at radius 2 is 2.00 bits per heavy atom. The van der Waals surface area contributed by atoms with Gasteiger partial charge in [0.1, 0.15) is 5.75 Å². The number of nitrogens with one attached hydrogen (secondary N) is 1. The lowest BCUT2D eigenvalue weighted by molar-refractivity contribution is 0.224. The molecule has 5 nitrogen and oxygen atoms in total. The molecule has 3 N–H and O–H groups in total. The van der Waals surface area contributed by atoms with E-state index in [0.29, 0.717) is 18.4 Å². The molecule has 0 spiro atoms. The molecule has 5 heteroatoms. The summed E-state index contributed by atoms with van der Waals surface area (Å²) in [5.74, 6) is 2.05. The van der Waals surface area contributed by atoms with Crippen molar-refractivity contribution in [2.75, 3.05) is 33.3 Å². The van der Waals surface area contributed by atoms with Crippen LogP contribution < -0.4 is 15.8 Å². The van der Waals surface area contributed by atoms with Crippen LogP contribution in [-0.2, 0) is 0 Å². The van der Waals surface area contributed by atoms with E-state index < -0.39 is 0 Å². The SMILES string of the molecule is CCN(CC)C(CN=C(N)NCCC(C)C)c1cccc(OC)c1. The largest absolute Gasteiger partial charge is 0.497 e. The Morgan fingerprint density at radius 1 is 1.29 bits per heavy atom. The minimum atomic E-state index is 0.195. The number of hydrogen-bond donors (Lipinski definition) is 2. The zero-order valence-electron chi connectivity index (χ0n) is 15.9. The van der Waals surface area contributed by atoms with Crippen molar-refractivity contribution in [3.05, 3.63) is 29.8 Å². The van der Waals surface area contributed by atoms with Gasteiger partial charge in [0.05, 0.1) is 19.7 Å². The Morgan fingerprint density at radius 3 is 2.58 bits per heavy atom. The van der Waals surface area contributed by atoms with Crippen LogP contribution in [0.3, 0.4) is 0 Å². The third-order valence-electron chi connectivity index (χ3n) is 4.19. The van der Waals surface area contributed by atoms with E-state index in [4.69, 9.17) is 10.5 Å². The Bertz CT molecular complexity index is 498. The molecule has 0 radical (unpaired) electrons. The number of rotatable bonds is 10. The van der Waals surface area contributed by atoms with Crippen LogP contribution >= 0.6 is 0 Å². The van der Waals surface area contributed by atoms with Crippen LogP contribution in [0.4, 0.5) is 0 Å². The van der Waals surface area contributed by atoms with E-state index in [2.05, 4.69) is 55.0 Å². The van der Waals surface area contributed by atoms with Crippen molar-refractivity contribution in [3.63, 3.8) is 0 Å². The van der Waals surface area contributed by atoms with E-state index in [1.807, 2.05) is 12.1 Å². The molecule has 0 saturated carbocycles. The van der Waals surface area contributed by atoms with Crippen molar-refractivity contribution in [2.24, 2.45) is 16.6 Å². The van der Waals surface area contributed by atoms with E-state index in [9.17, 15) is 0 Å². The number of guanidine groups is 1. The molecular weight excluding hydrogens is 300 g/mol. The minimum absolute atomic E-state index is 0.195. The van der Waals surface area contributed by atoms with Crippen molar-refractivity contribution in [1.82, 2.24) is 10.2 Å². The van der Waals surface area contributed by atoms with Crippen LogP contribution in [-0.4, -0.2) is 44.1 Å². The Balaban J connectivity index is 2.82. The summed E-state index contributed by atoms with van der Waals surface area (Å²) in [6, 6.07) is 8.40. The van der Waals surface area contributed by atoms with Crippen molar-refractivity contribution in [2.45, 2.75) is 40.2 Å². The molecule has 1 rings (SSSR count). The van der Waals surface area contributed by atoms with Gasteiger partial charge in [-0.2, -0.15) is 0 Å². The van der Waals surface area contributed by atoms with Crippen LogP contribution in [0.1, 0.15) is 45.7 Å². The molecule has 1 atom stereocenters. The predicted octanol–water partition coefficient (Wildman–Crippen LogP) is 3.03. The average molecular weight is 335 g/mol. The zero-order chi connectivity index (χ0) is 17.9. The Kier molecular flexibility index (Phi) is 9.23. The maximum Gasteiger partial charge on any atom is 0.188 e. The lowest BCUT2D eigenvalue weighted by Gasteiger charge is -2.29. The van der Waals surface area contributed by atoms with Gasteiger partial charge in [-0.1, -0.05) is 39.8 Å². The molecule has 0 amide bonds. The van der Waals surface area contributed by atoms with Crippen molar-refractivity contribution in [3.8, 4) is 5.75 Å². The molecule has 0 bridgehead atoms. The monoisotopic (exact) mass is 334 g/mol. The van der Waals surface area contributed by atoms with Gasteiger partial charge in [0, 0.05) is 6.54 Å². The third kappa shape index (κ3) is 6.79. The summed E-state index contributed by atoms with van der Waals surface area (Å²) in [7, 11) is 1.69. The molecule has 0 saturated heterocycles. The lowest BCUT2D eigenvalue weighted by atomic mass is 10.0. The molecule has 0 fully saturated rings. The molecular formula is C19H34N4O. The number of likely N-dealkylation sites (N-methyl/N-ethyl adjacent to an activating group) is 1. The number of ether oxygens (including phenoxy) is 1. The van der Waals surface area contributed by atoms with Gasteiger partial charge < -0.3 is 15.8 Å². The zero-order valence-corrected chi connectivity index (χ0v) is 15.9. The van der Waals surface area contributed by atoms with E-state index in [1.165, 1.54) is 5.56 Å². The van der Waals surface area contributed by atoms with E-state index in [1.54, 1.807) is 7.11 Å². The summed E-state index contributed by atoms with van der Waals surface area (Å²) in [5, 5.41) is 3.20. The first-order chi connectivity index (χ1) is 11.5. The molecule has 0 heterocycles. The molecule has 1 aromatic rings. The summed E-state index contributed by atoms with van der Waals surface area (Å²) in [5.41, 5.74) is 7.23. The average Bonchev–Trinajstić information content (AvgIpc) is 2.58. The lowest BCUT2D eigenvalue weighted by Crippen LogP contribution is -2.35. The topological polar surface area (TPSA) is 62.9 Å². The second kappa shape index (κ2) is 10.9. The highest BCUT2D eigenvalue weighted by Crippen LogP contribution is 2.24. The van der Waals surface area contributed by atoms with Crippen LogP contribution in [0.2, 0.25) is 0 Å². The number of nitrogens with zero attached hydrogens (tertiary/aromatic N) is 2. The molecule has 0 aliphatic rings. The highest BCUT2D eigenvalue weighted by molar-refractivity contribution is 5.77. The van der Waals surface area contributed by atoms with Gasteiger partial charge in [0.2, 0.25) is 0 Å². The molecule has 0 aromatic heterocycles. The van der Waals surface area contributed by atoms with Crippen LogP contribution in [0.25, 0.3) is 0 Å². The maximum atomic E-state index is 6.02. The second-order valence-electron chi connectivity index (χ2n) is 6.35. The van der Waals surface area contributed by atoms with Gasteiger partial charge in [-0.3, -0.25) is 9.89 Å². The quantitative estimate of drug-likeness (QED) is 0.510. The van der Waals surface area contributed by atoms with Gasteiger partial charge in [0.15, 0.2) is 5.96 Å². The number of aliphatic imine (C=N–C) groups is 1. The standard InChI is InChI=1S/C19H34N4O/c1-6-23(7-2)18(16-9-8-10-17(13-16)24-5)14-22-19(20)21-12-11-15(3)4/h8-10,13,15,18H,6-7,11-12,14H2,1-5H3,(H3,20,21,22). The van der Waals surface area contributed by atoms with Gasteiger partial charge in [0.25, 0.3) is 0 Å². The van der Waals surface area contributed by atoms with Gasteiger partial charge in [-0.25, -0.2) is 0 Å². The smallest absolute Gasteiger partial charge is 0.188 e. The molecule has 1 aromatic carbocycles. The number of nitrogens with two attached hydrogens (primary N) is 1. The maximum absolute atomic E-state index is 6.02. The molecule has 24 heavy (non-hydrogen) atoms. The summed E-state index contributed by atoms with van der Waals surface area (Å²) >= 11 is 0. The van der Waals surface area contributed by atoms with Gasteiger partial charge in [-0.15, -0.1) is 0 Å². The first-order valence-electron chi connectivity index (χ1n) is 8.93. The van der Waals surface area contributed by atoms with Gasteiger partial charge >= 0.3 is 0 Å². The summed E-state index contributed by atoms with van der Waals surface area (Å²) in [6.45, 7) is 12.2. The predicted molar refractivity (Wildman–Crippen MR) is 103 cm³/mol. The summed E-state index contributed by atoms with van der Waals surface area (Å²) in [4.78, 5) is 6.96. The van der Waals surface area contributed by atoms with Crippen molar-refractivity contribution < 1.29 is 4.74 Å². The van der Waals surface area contributed by atoms with Crippen molar-refractivity contribution >= 4 is 5.96 Å². The molecule has 136 valence electrons. The number of benzene rings is 1. The second-order valence-corrected chi connectivity index (χ2v) is 6.35. The highest BCUT2D eigenvalue weighted by Gasteiger charge is 2.18. The molecule has 0 aliphatic heterocycles. The van der Waals surface area contributed by atoms with Crippen LogP contribution in [0.15, 0.2) is 29.3 Å². The van der Waals surface area contributed by atoms with E-state index in [-0.39, 0.29) is 6.04 Å². The summed E-state index contributed by atoms with van der Waals surface area (Å²) in [6.07, 6.45) is 1.09. The third-order valence-corrected chi connectivity index (χ3v) is 4.19. The number of hydrogen-bond acceptors (Lipinski definition) is 3. The first kappa shape index (κ1) is 20.3. The Hall–Kier alpha value is -1.75. The fraction of sp³-hybridized carbons (Fsp3) is 0.632. The van der Waals surface area contributed by atoms with Gasteiger partial charge in [-0.05, 0) is 43.1 Å². The van der Waals surface area contributed by atoms with Crippen LogP contribution in [0.5, 0.6) is 5.75 Å². The molecule has 0 aliphatic carbocycles. The van der Waals surface area contributed by atoms with Crippen molar-refractivity contribution in [1.29, 1.82) is 0 Å². The van der Waals surface area contributed by atoms with Crippen LogP contribution in [0, 0.1) is 5.92 Å². The Labute approximate surface area is 147 Å². The normalized spacial score (nSPS) is 13.4. The number of methoxy groups -OCH3 is 1.